The Hall–Kier alpha value is -1.60. The van der Waals surface area contributed by atoms with Crippen LogP contribution in [0.4, 0.5) is 5.69 Å². The minimum Gasteiger partial charge on any atom is -0.482 e. The van der Waals surface area contributed by atoms with Gasteiger partial charge in [-0.25, -0.2) is 8.42 Å². The zero-order valence-electron chi connectivity index (χ0n) is 10.7. The molecule has 6 nitrogen and oxygen atoms in total. The molecule has 2 unspecified atom stereocenters. The fourth-order valence-electron chi connectivity index (χ4n) is 1.85. The molecule has 19 heavy (non-hydrogen) atoms. The highest BCUT2D eigenvalue weighted by Gasteiger charge is 2.25. The minimum atomic E-state index is -3.23. The summed E-state index contributed by atoms with van der Waals surface area (Å²) >= 11 is 0. The van der Waals surface area contributed by atoms with E-state index in [-0.39, 0.29) is 12.5 Å². The monoisotopic (exact) mass is 284 g/mol. The summed E-state index contributed by atoms with van der Waals surface area (Å²) in [6.07, 6.45) is 1.15. The summed E-state index contributed by atoms with van der Waals surface area (Å²) in [5.41, 5.74) is 7.12. The lowest BCUT2D eigenvalue weighted by atomic mass is 10.0. The average molecular weight is 284 g/mol. The standard InChI is InChI=1S/C12H16N2O4S/c1-7(19(2,16)17)12(13)8-3-4-10-9(5-8)14-11(15)6-18-10/h3-5,7,12H,6,13H2,1-2H3,(H,14,15). The normalized spacial score (nSPS) is 17.9. The number of hydrogen-bond acceptors (Lipinski definition) is 5. The first kappa shape index (κ1) is 13.8. The molecule has 0 saturated heterocycles. The van der Waals surface area contributed by atoms with Gasteiger partial charge >= 0.3 is 0 Å². The van der Waals surface area contributed by atoms with Crippen molar-refractivity contribution in [1.29, 1.82) is 0 Å². The molecule has 0 fully saturated rings. The van der Waals surface area contributed by atoms with Crippen molar-refractivity contribution in [3.63, 3.8) is 0 Å². The van der Waals surface area contributed by atoms with Gasteiger partial charge in [-0.2, -0.15) is 0 Å². The maximum Gasteiger partial charge on any atom is 0.262 e. The van der Waals surface area contributed by atoms with Crippen molar-refractivity contribution < 1.29 is 17.9 Å². The first-order valence-corrected chi connectivity index (χ1v) is 7.75. The molecule has 1 aliphatic rings. The van der Waals surface area contributed by atoms with Crippen LogP contribution in [0, 0.1) is 0 Å². The summed E-state index contributed by atoms with van der Waals surface area (Å²) in [5, 5.41) is 1.96. The second-order valence-electron chi connectivity index (χ2n) is 4.65. The Morgan fingerprint density at radius 2 is 2.11 bits per heavy atom. The van der Waals surface area contributed by atoms with E-state index in [0.717, 1.165) is 6.26 Å². The average Bonchev–Trinajstić information content (AvgIpc) is 2.35. The van der Waals surface area contributed by atoms with E-state index in [2.05, 4.69) is 5.32 Å². The van der Waals surface area contributed by atoms with Crippen molar-refractivity contribution in [2.24, 2.45) is 5.73 Å². The van der Waals surface area contributed by atoms with E-state index in [4.69, 9.17) is 10.5 Å². The highest BCUT2D eigenvalue weighted by atomic mass is 32.2. The van der Waals surface area contributed by atoms with Gasteiger partial charge in [0.05, 0.1) is 10.9 Å². The number of ether oxygens (including phenoxy) is 1. The minimum absolute atomic E-state index is 0.0157. The van der Waals surface area contributed by atoms with E-state index < -0.39 is 21.1 Å². The van der Waals surface area contributed by atoms with Gasteiger partial charge in [0.1, 0.15) is 5.75 Å². The third-order valence-corrected chi connectivity index (χ3v) is 4.85. The van der Waals surface area contributed by atoms with Crippen LogP contribution in [-0.4, -0.2) is 32.4 Å². The van der Waals surface area contributed by atoms with Crippen LogP contribution >= 0.6 is 0 Å². The number of fused-ring (bicyclic) bond motifs is 1. The molecule has 3 N–H and O–H groups in total. The van der Waals surface area contributed by atoms with Crippen LogP contribution in [0.1, 0.15) is 18.5 Å². The molecule has 104 valence electrons. The number of anilines is 1. The SMILES string of the molecule is CC(C(N)c1ccc2c(c1)NC(=O)CO2)S(C)(=O)=O. The van der Waals surface area contributed by atoms with Crippen LogP contribution in [0.2, 0.25) is 0 Å². The van der Waals surface area contributed by atoms with Crippen molar-refractivity contribution in [2.75, 3.05) is 18.2 Å². The Morgan fingerprint density at radius 1 is 1.42 bits per heavy atom. The van der Waals surface area contributed by atoms with Gasteiger partial charge in [0, 0.05) is 12.3 Å². The lowest BCUT2D eigenvalue weighted by Gasteiger charge is -2.22. The third kappa shape index (κ3) is 2.87. The zero-order valence-corrected chi connectivity index (χ0v) is 11.5. The first-order valence-electron chi connectivity index (χ1n) is 5.80. The Bertz CT molecular complexity index is 612. The number of hydrogen-bond donors (Lipinski definition) is 2. The molecule has 7 heteroatoms. The number of nitrogens with one attached hydrogen (secondary N) is 1. The Kier molecular flexibility index (Phi) is 3.51. The fraction of sp³-hybridized carbons (Fsp3) is 0.417. The first-order chi connectivity index (χ1) is 8.79. The van der Waals surface area contributed by atoms with Crippen molar-refractivity contribution in [1.82, 2.24) is 0 Å². The number of sulfone groups is 1. The van der Waals surface area contributed by atoms with Gasteiger partial charge in [0.25, 0.3) is 5.91 Å². The molecular formula is C12H16N2O4S. The molecule has 0 spiro atoms. The Morgan fingerprint density at radius 3 is 2.74 bits per heavy atom. The molecule has 1 amide bonds. The van der Waals surface area contributed by atoms with Gasteiger partial charge in [0.15, 0.2) is 16.4 Å². The maximum atomic E-state index is 11.5. The number of nitrogens with two attached hydrogens (primary N) is 1. The van der Waals surface area contributed by atoms with Crippen LogP contribution in [0.15, 0.2) is 18.2 Å². The molecule has 0 aromatic heterocycles. The Labute approximate surface area is 111 Å². The summed E-state index contributed by atoms with van der Waals surface area (Å²) in [7, 11) is -3.23. The molecule has 0 aliphatic carbocycles. The molecule has 1 heterocycles. The zero-order chi connectivity index (χ0) is 14.2. The molecule has 2 rings (SSSR count). The molecule has 2 atom stereocenters. The quantitative estimate of drug-likeness (QED) is 0.839. The molecular weight excluding hydrogens is 268 g/mol. The number of benzene rings is 1. The third-order valence-electron chi connectivity index (χ3n) is 3.20. The summed E-state index contributed by atoms with van der Waals surface area (Å²) in [6.45, 7) is 1.55. The largest absolute Gasteiger partial charge is 0.482 e. The summed E-state index contributed by atoms with van der Waals surface area (Å²) in [6, 6.07) is 4.39. The fourth-order valence-corrected chi connectivity index (χ4v) is 2.54. The molecule has 0 radical (unpaired) electrons. The second kappa shape index (κ2) is 4.82. The highest BCUT2D eigenvalue weighted by molar-refractivity contribution is 7.91. The van der Waals surface area contributed by atoms with Crippen molar-refractivity contribution in [3.8, 4) is 5.75 Å². The summed E-state index contributed by atoms with van der Waals surface area (Å²) < 4.78 is 28.3. The lowest BCUT2D eigenvalue weighted by Crippen LogP contribution is -2.31. The maximum absolute atomic E-state index is 11.5. The molecule has 1 aromatic rings. The number of rotatable bonds is 3. The Balaban J connectivity index is 2.32. The summed E-state index contributed by atoms with van der Waals surface area (Å²) in [5.74, 6) is 0.317. The van der Waals surface area contributed by atoms with Crippen molar-refractivity contribution in [3.05, 3.63) is 23.8 Å². The number of carbonyl (C=O) groups is 1. The van der Waals surface area contributed by atoms with E-state index in [1.54, 1.807) is 25.1 Å². The van der Waals surface area contributed by atoms with Gasteiger partial charge in [-0.15, -0.1) is 0 Å². The van der Waals surface area contributed by atoms with Crippen LogP contribution in [-0.2, 0) is 14.6 Å². The van der Waals surface area contributed by atoms with E-state index in [9.17, 15) is 13.2 Å². The summed E-state index contributed by atoms with van der Waals surface area (Å²) in [4.78, 5) is 11.2. The van der Waals surface area contributed by atoms with E-state index in [1.165, 1.54) is 0 Å². The van der Waals surface area contributed by atoms with Crippen LogP contribution in [0.3, 0.4) is 0 Å². The molecule has 1 aliphatic heterocycles. The van der Waals surface area contributed by atoms with Crippen LogP contribution in [0.5, 0.6) is 5.75 Å². The predicted octanol–water partition coefficient (Wildman–Crippen LogP) is 0.450. The smallest absolute Gasteiger partial charge is 0.262 e. The van der Waals surface area contributed by atoms with Crippen molar-refractivity contribution in [2.45, 2.75) is 18.2 Å². The number of amides is 1. The second-order valence-corrected chi connectivity index (χ2v) is 7.06. The van der Waals surface area contributed by atoms with Gasteiger partial charge in [-0.05, 0) is 24.6 Å². The molecule has 0 bridgehead atoms. The lowest BCUT2D eigenvalue weighted by molar-refractivity contribution is -0.118. The van der Waals surface area contributed by atoms with Gasteiger partial charge in [-0.3, -0.25) is 4.79 Å². The van der Waals surface area contributed by atoms with E-state index >= 15 is 0 Å². The topological polar surface area (TPSA) is 98.5 Å². The molecule has 0 saturated carbocycles. The van der Waals surface area contributed by atoms with Gasteiger partial charge in [0.2, 0.25) is 0 Å². The van der Waals surface area contributed by atoms with Crippen molar-refractivity contribution >= 4 is 21.4 Å². The van der Waals surface area contributed by atoms with Gasteiger partial charge in [-0.1, -0.05) is 6.07 Å². The van der Waals surface area contributed by atoms with E-state index in [0.29, 0.717) is 17.0 Å². The molecule has 1 aromatic carbocycles. The number of carbonyl (C=O) groups excluding carboxylic acids is 1. The van der Waals surface area contributed by atoms with E-state index in [1.807, 2.05) is 0 Å². The highest BCUT2D eigenvalue weighted by Crippen LogP contribution is 2.31. The van der Waals surface area contributed by atoms with Crippen LogP contribution < -0.4 is 15.8 Å². The van der Waals surface area contributed by atoms with Crippen LogP contribution in [0.25, 0.3) is 0 Å². The van der Waals surface area contributed by atoms with Gasteiger partial charge < -0.3 is 15.8 Å². The predicted molar refractivity (Wildman–Crippen MR) is 71.8 cm³/mol.